The van der Waals surface area contributed by atoms with Crippen molar-refractivity contribution in [2.45, 2.75) is 70.0 Å². The predicted octanol–water partition coefficient (Wildman–Crippen LogP) is 1.03. The molecule has 114 valence electrons. The number of likely N-dealkylation sites (N-methyl/N-ethyl adjacent to an activating group) is 1. The van der Waals surface area contributed by atoms with Gasteiger partial charge in [-0.05, 0) is 26.2 Å². The van der Waals surface area contributed by atoms with Crippen LogP contribution in [0.5, 0.6) is 0 Å². The third-order valence-electron chi connectivity index (χ3n) is 4.46. The van der Waals surface area contributed by atoms with Gasteiger partial charge in [0.05, 0.1) is 6.04 Å². The molecule has 1 aliphatic carbocycles. The normalized spacial score (nSPS) is 26.4. The standard InChI is InChI=1S/C15H27N3O2/c1-11(15(20)17-12-6-4-3-5-7-12)16-13-8-9-14(19)18(2)10-13/h11-13,16H,3-10H2,1-2H3,(H,17,20). The molecule has 2 N–H and O–H groups in total. The second-order valence-electron chi connectivity index (χ2n) is 6.24. The smallest absolute Gasteiger partial charge is 0.237 e. The maximum Gasteiger partial charge on any atom is 0.237 e. The molecule has 1 aliphatic heterocycles. The summed E-state index contributed by atoms with van der Waals surface area (Å²) < 4.78 is 0. The molecule has 2 atom stereocenters. The highest BCUT2D eigenvalue weighted by molar-refractivity contribution is 5.81. The molecule has 2 aliphatic rings. The SMILES string of the molecule is CC(NC1CCC(=O)N(C)C1)C(=O)NC1CCCCC1. The van der Waals surface area contributed by atoms with E-state index in [-0.39, 0.29) is 23.9 Å². The van der Waals surface area contributed by atoms with Crippen LogP contribution in [0.2, 0.25) is 0 Å². The number of nitrogens with zero attached hydrogens (tertiary/aromatic N) is 1. The van der Waals surface area contributed by atoms with E-state index in [0.717, 1.165) is 19.3 Å². The lowest BCUT2D eigenvalue weighted by molar-refractivity contribution is -0.132. The van der Waals surface area contributed by atoms with Crippen molar-refractivity contribution < 1.29 is 9.59 Å². The van der Waals surface area contributed by atoms with Gasteiger partial charge in [-0.2, -0.15) is 0 Å². The van der Waals surface area contributed by atoms with Crippen molar-refractivity contribution in [2.24, 2.45) is 0 Å². The summed E-state index contributed by atoms with van der Waals surface area (Å²) in [4.78, 5) is 25.4. The molecule has 1 heterocycles. The fourth-order valence-electron chi connectivity index (χ4n) is 3.15. The van der Waals surface area contributed by atoms with E-state index in [1.165, 1.54) is 19.3 Å². The van der Waals surface area contributed by atoms with Crippen LogP contribution < -0.4 is 10.6 Å². The number of rotatable bonds is 4. The average molecular weight is 281 g/mol. The summed E-state index contributed by atoms with van der Waals surface area (Å²) in [5, 5.41) is 6.50. The molecule has 0 radical (unpaired) electrons. The van der Waals surface area contributed by atoms with Gasteiger partial charge < -0.3 is 15.5 Å². The van der Waals surface area contributed by atoms with E-state index in [2.05, 4.69) is 10.6 Å². The third-order valence-corrected chi connectivity index (χ3v) is 4.46. The van der Waals surface area contributed by atoms with Gasteiger partial charge in [-0.1, -0.05) is 19.3 Å². The van der Waals surface area contributed by atoms with Gasteiger partial charge in [0.1, 0.15) is 0 Å². The van der Waals surface area contributed by atoms with Gasteiger partial charge in [0.2, 0.25) is 11.8 Å². The summed E-state index contributed by atoms with van der Waals surface area (Å²) in [7, 11) is 1.82. The monoisotopic (exact) mass is 281 g/mol. The summed E-state index contributed by atoms with van der Waals surface area (Å²) in [6.45, 7) is 2.61. The summed E-state index contributed by atoms with van der Waals surface area (Å²) in [6, 6.07) is 0.393. The fourth-order valence-corrected chi connectivity index (χ4v) is 3.15. The molecule has 1 saturated heterocycles. The Labute approximate surface area is 121 Å². The molecule has 2 fully saturated rings. The lowest BCUT2D eigenvalue weighted by Gasteiger charge is -2.32. The molecule has 0 spiro atoms. The fraction of sp³-hybridized carbons (Fsp3) is 0.867. The van der Waals surface area contributed by atoms with Crippen molar-refractivity contribution in [1.29, 1.82) is 0 Å². The van der Waals surface area contributed by atoms with E-state index in [1.54, 1.807) is 4.90 Å². The first-order valence-corrected chi connectivity index (χ1v) is 7.86. The second kappa shape index (κ2) is 7.07. The van der Waals surface area contributed by atoms with E-state index < -0.39 is 0 Å². The van der Waals surface area contributed by atoms with Crippen molar-refractivity contribution >= 4 is 11.8 Å². The predicted molar refractivity (Wildman–Crippen MR) is 78.3 cm³/mol. The number of amides is 2. The van der Waals surface area contributed by atoms with Gasteiger partial charge in [0, 0.05) is 32.1 Å². The van der Waals surface area contributed by atoms with E-state index >= 15 is 0 Å². The van der Waals surface area contributed by atoms with Crippen molar-refractivity contribution in [1.82, 2.24) is 15.5 Å². The molecule has 0 aromatic rings. The zero-order chi connectivity index (χ0) is 14.5. The Hall–Kier alpha value is -1.10. The van der Waals surface area contributed by atoms with Gasteiger partial charge in [0.25, 0.3) is 0 Å². The lowest BCUT2D eigenvalue weighted by atomic mass is 9.95. The molecule has 0 aromatic carbocycles. The van der Waals surface area contributed by atoms with Gasteiger partial charge in [-0.15, -0.1) is 0 Å². The molecular weight excluding hydrogens is 254 g/mol. The minimum Gasteiger partial charge on any atom is -0.352 e. The highest BCUT2D eigenvalue weighted by Crippen LogP contribution is 2.17. The molecule has 5 nitrogen and oxygen atoms in total. The first-order chi connectivity index (χ1) is 9.56. The van der Waals surface area contributed by atoms with Crippen LogP contribution in [0.1, 0.15) is 51.9 Å². The Morgan fingerprint density at radius 1 is 1.20 bits per heavy atom. The quantitative estimate of drug-likeness (QED) is 0.809. The van der Waals surface area contributed by atoms with Gasteiger partial charge in [-0.25, -0.2) is 0 Å². The van der Waals surface area contributed by atoms with Crippen LogP contribution in [-0.4, -0.2) is 48.4 Å². The Kier molecular flexibility index (Phi) is 5.40. The first-order valence-electron chi connectivity index (χ1n) is 7.86. The third kappa shape index (κ3) is 4.20. The van der Waals surface area contributed by atoms with Crippen LogP contribution in [-0.2, 0) is 9.59 Å². The molecule has 5 heteroatoms. The Morgan fingerprint density at radius 2 is 1.90 bits per heavy atom. The molecule has 20 heavy (non-hydrogen) atoms. The van der Waals surface area contributed by atoms with E-state index in [9.17, 15) is 9.59 Å². The number of piperidine rings is 1. The number of hydrogen-bond acceptors (Lipinski definition) is 3. The van der Waals surface area contributed by atoms with Crippen LogP contribution in [0.15, 0.2) is 0 Å². The molecule has 2 amide bonds. The van der Waals surface area contributed by atoms with E-state index in [4.69, 9.17) is 0 Å². The Morgan fingerprint density at radius 3 is 2.55 bits per heavy atom. The topological polar surface area (TPSA) is 61.4 Å². The van der Waals surface area contributed by atoms with Crippen LogP contribution >= 0.6 is 0 Å². The minimum absolute atomic E-state index is 0.0939. The van der Waals surface area contributed by atoms with Crippen molar-refractivity contribution in [2.75, 3.05) is 13.6 Å². The maximum absolute atomic E-state index is 12.2. The number of carbonyl (C=O) groups is 2. The van der Waals surface area contributed by atoms with Gasteiger partial charge in [-0.3, -0.25) is 9.59 Å². The van der Waals surface area contributed by atoms with Crippen LogP contribution in [0, 0.1) is 0 Å². The lowest BCUT2D eigenvalue weighted by Crippen LogP contribution is -2.54. The number of likely N-dealkylation sites (tertiary alicyclic amines) is 1. The largest absolute Gasteiger partial charge is 0.352 e. The highest BCUT2D eigenvalue weighted by atomic mass is 16.2. The number of hydrogen-bond donors (Lipinski definition) is 2. The summed E-state index contributed by atoms with van der Waals surface area (Å²) in [5.41, 5.74) is 0. The molecule has 0 aromatic heterocycles. The number of carbonyl (C=O) groups excluding carboxylic acids is 2. The highest BCUT2D eigenvalue weighted by Gasteiger charge is 2.26. The Balaban J connectivity index is 1.74. The molecule has 2 unspecified atom stereocenters. The van der Waals surface area contributed by atoms with Gasteiger partial charge >= 0.3 is 0 Å². The van der Waals surface area contributed by atoms with Gasteiger partial charge in [0.15, 0.2) is 0 Å². The minimum atomic E-state index is -0.191. The molecular formula is C15H27N3O2. The second-order valence-corrected chi connectivity index (χ2v) is 6.24. The zero-order valence-electron chi connectivity index (χ0n) is 12.7. The summed E-state index contributed by atoms with van der Waals surface area (Å²) in [6.07, 6.45) is 7.36. The maximum atomic E-state index is 12.2. The van der Waals surface area contributed by atoms with Crippen molar-refractivity contribution in [3.05, 3.63) is 0 Å². The summed E-state index contributed by atoms with van der Waals surface area (Å²) in [5.74, 6) is 0.291. The average Bonchev–Trinajstić information content (AvgIpc) is 2.44. The van der Waals surface area contributed by atoms with Crippen LogP contribution in [0.4, 0.5) is 0 Å². The molecule has 0 bridgehead atoms. The van der Waals surface area contributed by atoms with Crippen molar-refractivity contribution in [3.63, 3.8) is 0 Å². The molecule has 1 saturated carbocycles. The van der Waals surface area contributed by atoms with E-state index in [1.807, 2.05) is 14.0 Å². The zero-order valence-corrected chi connectivity index (χ0v) is 12.7. The Bertz CT molecular complexity index is 353. The summed E-state index contributed by atoms with van der Waals surface area (Å²) >= 11 is 0. The van der Waals surface area contributed by atoms with E-state index in [0.29, 0.717) is 19.0 Å². The molecule has 2 rings (SSSR count). The van der Waals surface area contributed by atoms with Crippen molar-refractivity contribution in [3.8, 4) is 0 Å². The first kappa shape index (κ1) is 15.3. The number of nitrogens with one attached hydrogen (secondary N) is 2. The van der Waals surface area contributed by atoms with Crippen LogP contribution in [0.3, 0.4) is 0 Å². The van der Waals surface area contributed by atoms with Crippen LogP contribution in [0.25, 0.3) is 0 Å².